The largest absolute Gasteiger partial charge is 0.449 e. The maximum absolute atomic E-state index is 13.2. The van der Waals surface area contributed by atoms with Crippen LogP contribution in [0.3, 0.4) is 0 Å². The quantitative estimate of drug-likeness (QED) is 0.564. The fraction of sp³-hybridized carbons (Fsp3) is 0.435. The minimum atomic E-state index is -3.57. The molecule has 2 aliphatic rings. The molecule has 0 amide bonds. The maximum atomic E-state index is 13.2. The number of oxazole rings is 1. The van der Waals surface area contributed by atoms with Crippen LogP contribution in [0.25, 0.3) is 11.3 Å². The lowest BCUT2D eigenvalue weighted by Crippen LogP contribution is -2.49. The van der Waals surface area contributed by atoms with Gasteiger partial charge in [-0.3, -0.25) is 0 Å². The van der Waals surface area contributed by atoms with Crippen molar-refractivity contribution in [2.75, 3.05) is 49.1 Å². The standard InChI is InChI=1S/C23H28N6O3S/c1-17-24-22(27-9-3-4-10-27)15-23(25-17)28-11-13-29(14-12-28)33(30,31)20-7-5-19(6-8-20)21-16-32-18(2)26-21/h5-8,15-16H,3-4,9-14H2,1-2H3. The van der Waals surface area contributed by atoms with Crippen LogP contribution in [0.4, 0.5) is 11.6 Å². The Morgan fingerprint density at radius 3 is 2.00 bits per heavy atom. The fourth-order valence-corrected chi connectivity index (χ4v) is 5.83. The van der Waals surface area contributed by atoms with Gasteiger partial charge in [-0.05, 0) is 31.9 Å². The number of piperazine rings is 1. The molecule has 2 aliphatic heterocycles. The maximum Gasteiger partial charge on any atom is 0.243 e. The van der Waals surface area contributed by atoms with E-state index in [4.69, 9.17) is 4.42 Å². The van der Waals surface area contributed by atoms with Crippen molar-refractivity contribution >= 4 is 21.7 Å². The lowest BCUT2D eigenvalue weighted by Gasteiger charge is -2.35. The Morgan fingerprint density at radius 2 is 1.42 bits per heavy atom. The molecule has 174 valence electrons. The summed E-state index contributed by atoms with van der Waals surface area (Å²) in [5, 5.41) is 0. The van der Waals surface area contributed by atoms with Crippen LogP contribution in [0, 0.1) is 13.8 Å². The molecule has 1 aromatic carbocycles. The van der Waals surface area contributed by atoms with Crippen LogP contribution in [0.15, 0.2) is 45.9 Å². The molecule has 2 fully saturated rings. The van der Waals surface area contributed by atoms with Crippen molar-refractivity contribution < 1.29 is 12.8 Å². The summed E-state index contributed by atoms with van der Waals surface area (Å²) in [7, 11) is -3.57. The molecule has 0 radical (unpaired) electrons. The number of aryl methyl sites for hydroxylation is 2. The average molecular weight is 469 g/mol. The second-order valence-corrected chi connectivity index (χ2v) is 10.4. The van der Waals surface area contributed by atoms with Gasteiger partial charge in [0.2, 0.25) is 10.0 Å². The van der Waals surface area contributed by atoms with Gasteiger partial charge in [0.05, 0.1) is 4.90 Å². The third-order valence-electron chi connectivity index (χ3n) is 6.21. The third kappa shape index (κ3) is 4.45. The normalized spacial score (nSPS) is 17.6. The van der Waals surface area contributed by atoms with Crippen LogP contribution in [-0.4, -0.2) is 66.9 Å². The Bertz CT molecular complexity index is 1230. The van der Waals surface area contributed by atoms with Crippen molar-refractivity contribution in [3.05, 3.63) is 48.3 Å². The first-order valence-electron chi connectivity index (χ1n) is 11.3. The van der Waals surface area contributed by atoms with Crippen molar-refractivity contribution in [2.45, 2.75) is 31.6 Å². The van der Waals surface area contributed by atoms with Gasteiger partial charge in [0.25, 0.3) is 0 Å². The number of nitrogens with zero attached hydrogens (tertiary/aromatic N) is 6. The number of hydrogen-bond acceptors (Lipinski definition) is 8. The van der Waals surface area contributed by atoms with E-state index >= 15 is 0 Å². The summed E-state index contributed by atoms with van der Waals surface area (Å²) >= 11 is 0. The van der Waals surface area contributed by atoms with Crippen LogP contribution in [0.2, 0.25) is 0 Å². The molecule has 0 unspecified atom stereocenters. The summed E-state index contributed by atoms with van der Waals surface area (Å²) in [5.74, 6) is 3.15. The molecule has 0 atom stereocenters. The fourth-order valence-electron chi connectivity index (χ4n) is 4.41. The Balaban J connectivity index is 1.28. The minimum absolute atomic E-state index is 0.286. The van der Waals surface area contributed by atoms with E-state index in [9.17, 15) is 8.42 Å². The molecule has 2 saturated heterocycles. The Kier molecular flexibility index (Phi) is 5.79. The smallest absolute Gasteiger partial charge is 0.243 e. The lowest BCUT2D eigenvalue weighted by atomic mass is 10.2. The van der Waals surface area contributed by atoms with Crippen LogP contribution < -0.4 is 9.80 Å². The van der Waals surface area contributed by atoms with Crippen LogP contribution in [0.5, 0.6) is 0 Å². The number of benzene rings is 1. The summed E-state index contributed by atoms with van der Waals surface area (Å²) in [5.41, 5.74) is 1.52. The average Bonchev–Trinajstić information content (AvgIpc) is 3.51. The molecule has 0 aliphatic carbocycles. The SMILES string of the molecule is Cc1nc(N2CCCC2)cc(N2CCN(S(=O)(=O)c3ccc(-c4coc(C)n4)cc3)CC2)n1. The third-order valence-corrected chi connectivity index (χ3v) is 8.12. The monoisotopic (exact) mass is 468 g/mol. The van der Waals surface area contributed by atoms with E-state index in [1.807, 2.05) is 13.0 Å². The van der Waals surface area contributed by atoms with E-state index in [0.29, 0.717) is 37.8 Å². The second kappa shape index (κ2) is 8.75. The summed E-state index contributed by atoms with van der Waals surface area (Å²) in [6.07, 6.45) is 3.95. The first-order valence-corrected chi connectivity index (χ1v) is 12.7. The van der Waals surface area contributed by atoms with Crippen molar-refractivity contribution in [3.63, 3.8) is 0 Å². The second-order valence-electron chi connectivity index (χ2n) is 8.49. The van der Waals surface area contributed by atoms with Gasteiger partial charge in [-0.2, -0.15) is 4.31 Å². The number of rotatable bonds is 5. The Labute approximate surface area is 194 Å². The molecule has 33 heavy (non-hydrogen) atoms. The molecule has 3 aromatic rings. The van der Waals surface area contributed by atoms with E-state index < -0.39 is 10.0 Å². The molecule has 4 heterocycles. The number of sulfonamides is 1. The Morgan fingerprint density at radius 1 is 0.818 bits per heavy atom. The zero-order valence-electron chi connectivity index (χ0n) is 18.9. The van der Waals surface area contributed by atoms with Crippen molar-refractivity contribution in [3.8, 4) is 11.3 Å². The molecule has 2 aromatic heterocycles. The van der Waals surface area contributed by atoms with Crippen molar-refractivity contribution in [1.82, 2.24) is 19.3 Å². The molecule has 10 heteroatoms. The molecule has 0 saturated carbocycles. The van der Waals surface area contributed by atoms with Crippen molar-refractivity contribution in [1.29, 1.82) is 0 Å². The van der Waals surface area contributed by atoms with Gasteiger partial charge in [0, 0.05) is 57.8 Å². The van der Waals surface area contributed by atoms with Gasteiger partial charge in [-0.25, -0.2) is 23.4 Å². The summed E-state index contributed by atoms with van der Waals surface area (Å²) < 4.78 is 33.2. The topological polar surface area (TPSA) is 95.7 Å². The van der Waals surface area contributed by atoms with Gasteiger partial charge in [0.1, 0.15) is 29.4 Å². The van der Waals surface area contributed by atoms with Crippen LogP contribution in [0.1, 0.15) is 24.6 Å². The van der Waals surface area contributed by atoms with Crippen molar-refractivity contribution in [2.24, 2.45) is 0 Å². The molecule has 9 nitrogen and oxygen atoms in total. The number of hydrogen-bond donors (Lipinski definition) is 0. The highest BCUT2D eigenvalue weighted by Gasteiger charge is 2.29. The first kappa shape index (κ1) is 21.8. The van der Waals surface area contributed by atoms with Gasteiger partial charge in [-0.1, -0.05) is 12.1 Å². The highest BCUT2D eigenvalue weighted by Crippen LogP contribution is 2.26. The predicted octanol–water partition coefficient (Wildman–Crippen LogP) is 2.86. The van der Waals surface area contributed by atoms with E-state index in [1.165, 1.54) is 12.8 Å². The van der Waals surface area contributed by atoms with E-state index in [0.717, 1.165) is 36.1 Å². The lowest BCUT2D eigenvalue weighted by molar-refractivity contribution is 0.383. The predicted molar refractivity (Wildman–Crippen MR) is 126 cm³/mol. The van der Waals surface area contributed by atoms with Gasteiger partial charge in [-0.15, -0.1) is 0 Å². The van der Waals surface area contributed by atoms with E-state index in [2.05, 4.69) is 24.8 Å². The van der Waals surface area contributed by atoms with Crippen LogP contribution in [-0.2, 0) is 10.0 Å². The highest BCUT2D eigenvalue weighted by molar-refractivity contribution is 7.89. The molecule has 0 spiro atoms. The highest BCUT2D eigenvalue weighted by atomic mass is 32.2. The molecular weight excluding hydrogens is 440 g/mol. The van der Waals surface area contributed by atoms with Gasteiger partial charge >= 0.3 is 0 Å². The zero-order chi connectivity index (χ0) is 23.0. The molecule has 0 N–H and O–H groups in total. The van der Waals surface area contributed by atoms with E-state index in [-0.39, 0.29) is 4.90 Å². The summed E-state index contributed by atoms with van der Waals surface area (Å²) in [6, 6.07) is 8.84. The van der Waals surface area contributed by atoms with E-state index in [1.54, 1.807) is 41.8 Å². The zero-order valence-corrected chi connectivity index (χ0v) is 19.8. The minimum Gasteiger partial charge on any atom is -0.449 e. The Hall–Kier alpha value is -2.98. The summed E-state index contributed by atoms with van der Waals surface area (Å²) in [4.78, 5) is 18.2. The molecule has 5 rings (SSSR count). The van der Waals surface area contributed by atoms with Gasteiger partial charge < -0.3 is 14.2 Å². The molecule has 0 bridgehead atoms. The first-order chi connectivity index (χ1) is 15.9. The summed E-state index contributed by atoms with van der Waals surface area (Å²) in [6.45, 7) is 7.74. The van der Waals surface area contributed by atoms with Gasteiger partial charge in [0.15, 0.2) is 5.89 Å². The number of anilines is 2. The molecular formula is C23H28N6O3S. The van der Waals surface area contributed by atoms with Crippen LogP contribution >= 0.6 is 0 Å². The number of aromatic nitrogens is 3.